The van der Waals surface area contributed by atoms with Gasteiger partial charge in [0.2, 0.25) is 0 Å². The molecule has 0 fully saturated rings. The highest BCUT2D eigenvalue weighted by Crippen LogP contribution is 2.31. The molecule has 0 bridgehead atoms. The summed E-state index contributed by atoms with van der Waals surface area (Å²) < 4.78 is 18.9. The van der Waals surface area contributed by atoms with Gasteiger partial charge in [-0.15, -0.1) is 0 Å². The first-order valence-corrected chi connectivity index (χ1v) is 5.27. The maximum absolute atomic E-state index is 13.5. The van der Waals surface area contributed by atoms with Gasteiger partial charge in [0, 0.05) is 11.6 Å². The molecule has 3 rings (SSSR count). The summed E-state index contributed by atoms with van der Waals surface area (Å²) in [5.74, 6) is 0.0245. The number of fused-ring (bicyclic) bond motifs is 1. The van der Waals surface area contributed by atoms with Crippen LogP contribution in [0.5, 0.6) is 0 Å². The van der Waals surface area contributed by atoms with Crippen molar-refractivity contribution in [3.05, 3.63) is 47.6 Å². The van der Waals surface area contributed by atoms with Gasteiger partial charge in [0.1, 0.15) is 12.0 Å². The summed E-state index contributed by atoms with van der Waals surface area (Å²) in [5.41, 5.74) is 0.662. The lowest BCUT2D eigenvalue weighted by atomic mass is 10.2. The normalized spacial score (nSPS) is 10.9. The Balaban J connectivity index is 2.26. The third-order valence-corrected chi connectivity index (χ3v) is 2.67. The molecule has 1 aromatic carbocycles. The zero-order valence-corrected chi connectivity index (χ0v) is 9.28. The number of rotatable bonds is 1. The minimum atomic E-state index is -0.404. The van der Waals surface area contributed by atoms with Gasteiger partial charge in [0.15, 0.2) is 17.2 Å². The molecule has 0 aliphatic carbocycles. The predicted molar refractivity (Wildman–Crippen MR) is 62.2 cm³/mol. The smallest absolute Gasteiger partial charge is 0.170 e. The fourth-order valence-corrected chi connectivity index (χ4v) is 1.84. The largest absolute Gasteiger partial charge is 0.451 e. The summed E-state index contributed by atoms with van der Waals surface area (Å²) in [6.07, 6.45) is 2.83. The van der Waals surface area contributed by atoms with Crippen LogP contribution in [0, 0.1) is 5.82 Å². The molecule has 0 amide bonds. The maximum atomic E-state index is 13.5. The van der Waals surface area contributed by atoms with Gasteiger partial charge in [-0.05, 0) is 12.1 Å². The van der Waals surface area contributed by atoms with Gasteiger partial charge in [-0.3, -0.25) is 0 Å². The molecular weight excluding hydrogens is 243 g/mol. The third-order valence-electron chi connectivity index (χ3n) is 2.40. The number of hydrogen-bond donors (Lipinski definition) is 0. The van der Waals surface area contributed by atoms with E-state index in [0.29, 0.717) is 21.9 Å². The average Bonchev–Trinajstić information content (AvgIpc) is 2.75. The Labute approximate surface area is 101 Å². The molecule has 2 aromatic heterocycles. The van der Waals surface area contributed by atoms with Gasteiger partial charge < -0.3 is 4.42 Å². The zero-order valence-electron chi connectivity index (χ0n) is 8.52. The van der Waals surface area contributed by atoms with E-state index in [-0.39, 0.29) is 5.58 Å². The van der Waals surface area contributed by atoms with Crippen molar-refractivity contribution in [3.8, 4) is 11.5 Å². The average molecular weight is 249 g/mol. The number of benzene rings is 1. The predicted octanol–water partition coefficient (Wildman–Crippen LogP) is 3.68. The summed E-state index contributed by atoms with van der Waals surface area (Å²) in [6, 6.07) is 6.43. The van der Waals surface area contributed by atoms with Crippen molar-refractivity contribution in [2.24, 2.45) is 0 Å². The van der Waals surface area contributed by atoms with Crippen LogP contribution in [0.4, 0.5) is 4.39 Å². The van der Waals surface area contributed by atoms with E-state index in [4.69, 9.17) is 16.0 Å². The lowest BCUT2D eigenvalue weighted by Gasteiger charge is -1.96. The van der Waals surface area contributed by atoms with Crippen LogP contribution in [-0.4, -0.2) is 9.97 Å². The molecule has 0 aliphatic rings. The van der Waals surface area contributed by atoms with E-state index in [1.165, 1.54) is 18.6 Å². The minimum absolute atomic E-state index is 0.206. The molecule has 2 heterocycles. The zero-order chi connectivity index (χ0) is 11.8. The Morgan fingerprint density at radius 1 is 1.29 bits per heavy atom. The molecule has 0 atom stereocenters. The van der Waals surface area contributed by atoms with Crippen LogP contribution in [0.2, 0.25) is 5.02 Å². The van der Waals surface area contributed by atoms with Crippen molar-refractivity contribution in [2.75, 3.05) is 0 Å². The second-order valence-corrected chi connectivity index (χ2v) is 3.90. The van der Waals surface area contributed by atoms with Crippen LogP contribution in [0.3, 0.4) is 0 Å². The molecule has 3 aromatic rings. The van der Waals surface area contributed by atoms with Crippen LogP contribution >= 0.6 is 11.6 Å². The standard InChI is InChI=1S/C12H6ClFN2O/c13-8-5-15-6-16-11(8)10-4-7-2-1-3-9(14)12(7)17-10/h1-6H. The van der Waals surface area contributed by atoms with E-state index in [0.717, 1.165) is 0 Å². The molecule has 5 heteroatoms. The molecular formula is C12H6ClFN2O. The summed E-state index contributed by atoms with van der Waals surface area (Å²) in [4.78, 5) is 7.80. The quantitative estimate of drug-likeness (QED) is 0.659. The van der Waals surface area contributed by atoms with E-state index < -0.39 is 5.82 Å². The Morgan fingerprint density at radius 3 is 2.94 bits per heavy atom. The number of para-hydroxylation sites is 1. The summed E-state index contributed by atoms with van der Waals surface area (Å²) in [7, 11) is 0. The lowest BCUT2D eigenvalue weighted by Crippen LogP contribution is -1.83. The molecule has 0 saturated carbocycles. The first-order chi connectivity index (χ1) is 8.25. The Morgan fingerprint density at radius 2 is 2.18 bits per heavy atom. The van der Waals surface area contributed by atoms with E-state index in [9.17, 15) is 4.39 Å². The summed E-state index contributed by atoms with van der Waals surface area (Å²) >= 11 is 5.95. The minimum Gasteiger partial charge on any atom is -0.451 e. The first kappa shape index (κ1) is 10.2. The lowest BCUT2D eigenvalue weighted by molar-refractivity contribution is 0.567. The van der Waals surface area contributed by atoms with E-state index >= 15 is 0 Å². The molecule has 84 valence electrons. The number of aromatic nitrogens is 2. The Bertz CT molecular complexity index is 696. The molecule has 3 nitrogen and oxygen atoms in total. The summed E-state index contributed by atoms with van der Waals surface area (Å²) in [6.45, 7) is 0. The van der Waals surface area contributed by atoms with Gasteiger partial charge in [0.05, 0.1) is 5.02 Å². The highest BCUT2D eigenvalue weighted by molar-refractivity contribution is 6.32. The fraction of sp³-hybridized carbons (Fsp3) is 0. The molecule has 0 unspecified atom stereocenters. The van der Waals surface area contributed by atoms with E-state index in [2.05, 4.69) is 9.97 Å². The monoisotopic (exact) mass is 248 g/mol. The SMILES string of the molecule is Fc1cccc2cc(-c3ncncc3Cl)oc12. The molecule has 17 heavy (non-hydrogen) atoms. The van der Waals surface area contributed by atoms with Crippen LogP contribution < -0.4 is 0 Å². The number of hydrogen-bond acceptors (Lipinski definition) is 3. The molecule has 0 aliphatic heterocycles. The van der Waals surface area contributed by atoms with Crippen molar-refractivity contribution in [1.82, 2.24) is 9.97 Å². The first-order valence-electron chi connectivity index (χ1n) is 4.89. The van der Waals surface area contributed by atoms with Crippen molar-refractivity contribution < 1.29 is 8.81 Å². The van der Waals surface area contributed by atoms with Crippen LogP contribution in [-0.2, 0) is 0 Å². The number of nitrogens with zero attached hydrogens (tertiary/aromatic N) is 2. The summed E-state index contributed by atoms with van der Waals surface area (Å²) in [5, 5.41) is 1.04. The second kappa shape index (κ2) is 3.82. The third kappa shape index (κ3) is 1.66. The highest BCUT2D eigenvalue weighted by atomic mass is 35.5. The van der Waals surface area contributed by atoms with Gasteiger partial charge in [-0.2, -0.15) is 0 Å². The molecule has 0 saturated heterocycles. The Hall–Kier alpha value is -1.94. The number of furan rings is 1. The van der Waals surface area contributed by atoms with Gasteiger partial charge in [-0.1, -0.05) is 23.7 Å². The second-order valence-electron chi connectivity index (χ2n) is 3.49. The fourth-order valence-electron chi connectivity index (χ4n) is 1.64. The van der Waals surface area contributed by atoms with Gasteiger partial charge in [-0.25, -0.2) is 14.4 Å². The van der Waals surface area contributed by atoms with E-state index in [1.807, 2.05) is 0 Å². The van der Waals surface area contributed by atoms with Gasteiger partial charge in [0.25, 0.3) is 0 Å². The molecule has 0 N–H and O–H groups in total. The van der Waals surface area contributed by atoms with Crippen molar-refractivity contribution in [3.63, 3.8) is 0 Å². The van der Waals surface area contributed by atoms with Crippen LogP contribution in [0.1, 0.15) is 0 Å². The van der Waals surface area contributed by atoms with Crippen molar-refractivity contribution >= 4 is 22.6 Å². The van der Waals surface area contributed by atoms with Crippen LogP contribution in [0.25, 0.3) is 22.4 Å². The van der Waals surface area contributed by atoms with Crippen LogP contribution in [0.15, 0.2) is 41.2 Å². The molecule has 0 radical (unpaired) electrons. The topological polar surface area (TPSA) is 38.9 Å². The molecule has 0 spiro atoms. The highest BCUT2D eigenvalue weighted by Gasteiger charge is 2.12. The van der Waals surface area contributed by atoms with Gasteiger partial charge >= 0.3 is 0 Å². The number of halogens is 2. The maximum Gasteiger partial charge on any atom is 0.170 e. The van der Waals surface area contributed by atoms with Crippen molar-refractivity contribution in [1.29, 1.82) is 0 Å². The van der Waals surface area contributed by atoms with Crippen molar-refractivity contribution in [2.45, 2.75) is 0 Å². The Kier molecular flexibility index (Phi) is 2.30. The van der Waals surface area contributed by atoms with E-state index in [1.54, 1.807) is 18.2 Å².